The zero-order valence-electron chi connectivity index (χ0n) is 28.1. The van der Waals surface area contributed by atoms with Gasteiger partial charge in [0.05, 0.1) is 11.0 Å². The van der Waals surface area contributed by atoms with Gasteiger partial charge in [0.25, 0.3) is 5.91 Å². The Bertz CT molecular complexity index is 2100. The molecule has 0 aromatic heterocycles. The number of benzene rings is 3. The van der Waals surface area contributed by atoms with Crippen LogP contribution in [0.15, 0.2) is 30.3 Å². The van der Waals surface area contributed by atoms with E-state index in [0.717, 1.165) is 23.1 Å². The molecule has 55 heavy (non-hydrogen) atoms. The van der Waals surface area contributed by atoms with E-state index in [0.29, 0.717) is 6.07 Å². The van der Waals surface area contributed by atoms with Gasteiger partial charge in [-0.1, -0.05) is 17.7 Å². The number of piperidine rings is 1. The summed E-state index contributed by atoms with van der Waals surface area (Å²) in [6.45, 7) is 0.0655. The lowest BCUT2D eigenvalue weighted by molar-refractivity contribution is -0.123. The number of carboxylic acid groups (broad SMARTS) is 1. The number of carbonyl (C=O) groups excluding carboxylic acids is 4. The SMILES string of the molecule is O=C(O)c1c(F)ccc2c1OB(O)[C@@H](NC(=O)[C@@H](NC(=O)N1CCN(C3CCN(C(=O)c4cc(O)c(F)c(O)c4)CC3)C1=O)c1cc(F)c(O)c(O)c1Cl)C2. The number of likely N-dealkylation sites (tertiary alicyclic amines) is 1. The number of nitrogens with one attached hydrogen (secondary N) is 2. The number of imide groups is 1. The number of halogens is 4. The van der Waals surface area contributed by atoms with Crippen molar-refractivity contribution in [1.29, 1.82) is 0 Å². The molecule has 3 aliphatic rings. The summed E-state index contributed by atoms with van der Waals surface area (Å²) in [4.78, 5) is 68.9. The van der Waals surface area contributed by atoms with Crippen LogP contribution in [0, 0.1) is 17.5 Å². The van der Waals surface area contributed by atoms with Crippen LogP contribution in [0.2, 0.25) is 5.02 Å². The molecule has 6 amide bonds. The van der Waals surface area contributed by atoms with Crippen LogP contribution in [0.1, 0.15) is 50.7 Å². The van der Waals surface area contributed by atoms with Gasteiger partial charge in [0.15, 0.2) is 28.8 Å². The number of phenolic OH excluding ortho intramolecular Hbond substituents is 4. The highest BCUT2D eigenvalue weighted by Crippen LogP contribution is 2.41. The number of phenols is 4. The highest BCUT2D eigenvalue weighted by atomic mass is 35.5. The van der Waals surface area contributed by atoms with Gasteiger partial charge in [-0.2, -0.15) is 4.39 Å². The van der Waals surface area contributed by atoms with Crippen molar-refractivity contribution in [2.75, 3.05) is 26.2 Å². The molecule has 3 heterocycles. The van der Waals surface area contributed by atoms with Gasteiger partial charge in [-0.15, -0.1) is 0 Å². The first-order valence-electron chi connectivity index (χ1n) is 16.5. The number of hydrogen-bond donors (Lipinski definition) is 8. The van der Waals surface area contributed by atoms with Crippen LogP contribution in [0.5, 0.6) is 28.7 Å². The second kappa shape index (κ2) is 15.0. The lowest BCUT2D eigenvalue weighted by atomic mass is 9.72. The molecule has 3 aliphatic heterocycles. The minimum Gasteiger partial charge on any atom is -0.534 e. The molecule has 22 heteroatoms. The number of carboxylic acids is 1. The fraction of sp³-hybridized carbons (Fsp3) is 0.303. The number of carbonyl (C=O) groups is 5. The Balaban J connectivity index is 1.16. The van der Waals surface area contributed by atoms with Crippen LogP contribution in [-0.2, 0) is 11.2 Å². The largest absolute Gasteiger partial charge is 0.547 e. The number of nitrogens with zero attached hydrogens (tertiary/aromatic N) is 3. The Morgan fingerprint density at radius 2 is 1.58 bits per heavy atom. The predicted octanol–water partition coefficient (Wildman–Crippen LogP) is 2.21. The van der Waals surface area contributed by atoms with Crippen molar-refractivity contribution in [2.45, 2.75) is 37.3 Å². The van der Waals surface area contributed by atoms with E-state index < -0.39 is 117 Å². The molecule has 0 bridgehead atoms. The lowest BCUT2D eigenvalue weighted by Gasteiger charge is -2.36. The Kier molecular flexibility index (Phi) is 10.5. The molecular weight excluding hydrogens is 762 g/mol. The summed E-state index contributed by atoms with van der Waals surface area (Å²) < 4.78 is 47.8. The molecule has 2 atom stereocenters. The zero-order valence-corrected chi connectivity index (χ0v) is 28.9. The van der Waals surface area contributed by atoms with Crippen molar-refractivity contribution in [3.63, 3.8) is 0 Å². The molecule has 8 N–H and O–H groups in total. The number of aromatic hydroxyl groups is 4. The maximum absolute atomic E-state index is 14.7. The highest BCUT2D eigenvalue weighted by molar-refractivity contribution is 6.47. The Labute approximate surface area is 313 Å². The van der Waals surface area contributed by atoms with Crippen molar-refractivity contribution < 1.29 is 72.4 Å². The Morgan fingerprint density at radius 3 is 2.22 bits per heavy atom. The van der Waals surface area contributed by atoms with Crippen LogP contribution in [0.4, 0.5) is 22.8 Å². The second-order valence-electron chi connectivity index (χ2n) is 12.9. The molecule has 17 nitrogen and oxygen atoms in total. The van der Waals surface area contributed by atoms with Crippen molar-refractivity contribution in [2.24, 2.45) is 0 Å². The fourth-order valence-corrected chi connectivity index (χ4v) is 6.96. The van der Waals surface area contributed by atoms with E-state index >= 15 is 0 Å². The van der Waals surface area contributed by atoms with Crippen LogP contribution in [-0.4, -0.2) is 120 Å². The minimum absolute atomic E-state index is 0.0285. The van der Waals surface area contributed by atoms with Crippen molar-refractivity contribution >= 4 is 48.6 Å². The summed E-state index contributed by atoms with van der Waals surface area (Å²) in [6.07, 6.45) is 0.174. The lowest BCUT2D eigenvalue weighted by Crippen LogP contribution is -2.56. The van der Waals surface area contributed by atoms with Gasteiger partial charge in [-0.25, -0.2) is 28.1 Å². The molecule has 2 saturated heterocycles. The fourth-order valence-electron chi connectivity index (χ4n) is 6.71. The summed E-state index contributed by atoms with van der Waals surface area (Å²) in [5, 5.41) is 63.4. The van der Waals surface area contributed by atoms with E-state index in [9.17, 15) is 67.7 Å². The summed E-state index contributed by atoms with van der Waals surface area (Å²) >= 11 is 6.17. The molecule has 0 saturated carbocycles. The minimum atomic E-state index is -2.00. The molecule has 0 radical (unpaired) electrons. The van der Waals surface area contributed by atoms with E-state index in [1.807, 2.05) is 0 Å². The van der Waals surface area contributed by atoms with Crippen molar-refractivity contribution in [3.05, 3.63) is 75.1 Å². The van der Waals surface area contributed by atoms with E-state index in [-0.39, 0.29) is 56.6 Å². The van der Waals surface area contributed by atoms with Gasteiger partial charge < -0.3 is 55.6 Å². The smallest absolute Gasteiger partial charge is 0.534 e. The third kappa shape index (κ3) is 7.27. The first kappa shape index (κ1) is 38.6. The van der Waals surface area contributed by atoms with Gasteiger partial charge in [-0.05, 0) is 49.1 Å². The normalized spacial score (nSPS) is 17.8. The number of amides is 6. The first-order valence-corrected chi connectivity index (χ1v) is 16.8. The van der Waals surface area contributed by atoms with Crippen LogP contribution in [0.3, 0.4) is 0 Å². The number of urea groups is 2. The quantitative estimate of drug-likeness (QED) is 0.127. The van der Waals surface area contributed by atoms with Crippen LogP contribution < -0.4 is 15.3 Å². The molecule has 0 unspecified atom stereocenters. The van der Waals surface area contributed by atoms with E-state index in [1.54, 1.807) is 0 Å². The summed E-state index contributed by atoms with van der Waals surface area (Å²) in [5.41, 5.74) is -1.52. The van der Waals surface area contributed by atoms with E-state index in [2.05, 4.69) is 10.6 Å². The van der Waals surface area contributed by atoms with Gasteiger partial charge in [-0.3, -0.25) is 9.59 Å². The van der Waals surface area contributed by atoms with Gasteiger partial charge in [0.1, 0.15) is 23.2 Å². The van der Waals surface area contributed by atoms with Crippen LogP contribution in [0.25, 0.3) is 0 Å². The van der Waals surface area contributed by atoms with Gasteiger partial charge in [0.2, 0.25) is 11.7 Å². The molecule has 6 rings (SSSR count). The number of fused-ring (bicyclic) bond motifs is 1. The summed E-state index contributed by atoms with van der Waals surface area (Å²) in [7, 11) is -1.96. The Morgan fingerprint density at radius 1 is 0.927 bits per heavy atom. The van der Waals surface area contributed by atoms with Crippen molar-refractivity contribution in [1.82, 2.24) is 25.3 Å². The number of hydrogen-bond acceptors (Lipinski definition) is 11. The maximum Gasteiger partial charge on any atom is 0.547 e. The molecule has 0 aliphatic carbocycles. The Hall–Kier alpha value is -6.09. The molecule has 3 aromatic carbocycles. The highest BCUT2D eigenvalue weighted by Gasteiger charge is 2.43. The zero-order chi connectivity index (χ0) is 40.0. The summed E-state index contributed by atoms with van der Waals surface area (Å²) in [5.74, 6) is -13.5. The topological polar surface area (TPSA) is 250 Å². The van der Waals surface area contributed by atoms with E-state index in [4.69, 9.17) is 16.3 Å². The van der Waals surface area contributed by atoms with Crippen LogP contribution >= 0.6 is 11.6 Å². The van der Waals surface area contributed by atoms with E-state index in [1.165, 1.54) is 15.9 Å². The monoisotopic (exact) mass is 791 g/mol. The molecular formula is C33H30BClF3N5O12. The third-order valence-electron chi connectivity index (χ3n) is 9.55. The first-order chi connectivity index (χ1) is 26.0. The average Bonchev–Trinajstić information content (AvgIpc) is 3.54. The maximum atomic E-state index is 14.7. The third-order valence-corrected chi connectivity index (χ3v) is 9.94. The number of aromatic carboxylic acids is 1. The molecule has 3 aromatic rings. The molecule has 0 spiro atoms. The second-order valence-corrected chi connectivity index (χ2v) is 13.2. The van der Waals surface area contributed by atoms with Gasteiger partial charge >= 0.3 is 25.1 Å². The number of rotatable bonds is 7. The molecule has 2 fully saturated rings. The molecule has 290 valence electrons. The van der Waals surface area contributed by atoms with Crippen molar-refractivity contribution in [3.8, 4) is 28.7 Å². The standard InChI is InChI=1S/C33H30BClF3N5O12/c35-23-16(12-18(37)26(46)27(23)47)25(29(48)39-21-11-13-1-2-17(36)22(31(50)51)28(13)55-34(21)54)40-32(52)43-8-7-42(33(43)53)15-3-5-41(6-4-15)30(49)14-9-19(44)24(38)20(45)10-14/h1-2,9-10,12,15,21,25,44-47,54H,3-8,11H2,(H,39,48)(H,40,52)(H,50,51)/t21-,25-/m0/s1. The predicted molar refractivity (Wildman–Crippen MR) is 181 cm³/mol. The summed E-state index contributed by atoms with van der Waals surface area (Å²) in [6, 6.07) is -0.119. The average molecular weight is 792 g/mol. The van der Waals surface area contributed by atoms with Gasteiger partial charge in [0, 0.05) is 43.3 Å².